The molecule has 0 radical (unpaired) electrons. The molecule has 0 aliphatic heterocycles. The van der Waals surface area contributed by atoms with E-state index >= 15 is 0 Å². The Labute approximate surface area is 114 Å². The molecular formula is C12H13BrClN3. The van der Waals surface area contributed by atoms with Gasteiger partial charge >= 0.3 is 0 Å². The molecule has 90 valence electrons. The lowest BCUT2D eigenvalue weighted by atomic mass is 10.3. The summed E-state index contributed by atoms with van der Waals surface area (Å²) in [4.78, 5) is 4.29. The fourth-order valence-corrected chi connectivity index (χ4v) is 2.00. The molecule has 0 fully saturated rings. The second-order valence-electron chi connectivity index (χ2n) is 3.65. The van der Waals surface area contributed by atoms with Crippen LogP contribution in [0, 0.1) is 0 Å². The van der Waals surface area contributed by atoms with Crippen LogP contribution in [0.15, 0.2) is 35.1 Å². The zero-order chi connectivity index (χ0) is 12.3. The van der Waals surface area contributed by atoms with Crippen LogP contribution in [0.2, 0.25) is 5.02 Å². The van der Waals surface area contributed by atoms with Gasteiger partial charge in [0.2, 0.25) is 5.95 Å². The number of anilines is 1. The summed E-state index contributed by atoms with van der Waals surface area (Å²) in [7, 11) is 0. The van der Waals surface area contributed by atoms with Crippen LogP contribution < -0.4 is 5.32 Å². The number of rotatable bonds is 4. The number of hydrogen-bond donors (Lipinski definition) is 1. The van der Waals surface area contributed by atoms with Crippen LogP contribution in [0.3, 0.4) is 0 Å². The molecule has 0 saturated heterocycles. The van der Waals surface area contributed by atoms with Gasteiger partial charge in [0.15, 0.2) is 0 Å². The second kappa shape index (κ2) is 5.56. The van der Waals surface area contributed by atoms with E-state index in [1.807, 2.05) is 29.0 Å². The first-order chi connectivity index (χ1) is 8.22. The van der Waals surface area contributed by atoms with Crippen LogP contribution in [0.5, 0.6) is 0 Å². The molecule has 0 amide bonds. The summed E-state index contributed by atoms with van der Waals surface area (Å²) in [6, 6.07) is 5.80. The van der Waals surface area contributed by atoms with Crippen molar-refractivity contribution in [2.24, 2.45) is 0 Å². The molecule has 2 rings (SSSR count). The van der Waals surface area contributed by atoms with Crippen molar-refractivity contribution >= 4 is 33.5 Å². The summed E-state index contributed by atoms with van der Waals surface area (Å²) < 4.78 is 2.88. The lowest BCUT2D eigenvalue weighted by Gasteiger charge is -2.09. The van der Waals surface area contributed by atoms with Gasteiger partial charge in [-0.15, -0.1) is 0 Å². The van der Waals surface area contributed by atoms with Gasteiger partial charge in [0.25, 0.3) is 0 Å². The molecule has 0 aliphatic carbocycles. The first-order valence-electron chi connectivity index (χ1n) is 5.45. The zero-order valence-corrected chi connectivity index (χ0v) is 11.8. The van der Waals surface area contributed by atoms with Gasteiger partial charge in [-0.2, -0.15) is 0 Å². The molecule has 0 unspecified atom stereocenters. The predicted molar refractivity (Wildman–Crippen MR) is 75.1 cm³/mol. The van der Waals surface area contributed by atoms with Gasteiger partial charge in [0, 0.05) is 29.1 Å². The van der Waals surface area contributed by atoms with E-state index in [0.29, 0.717) is 5.02 Å². The molecule has 1 N–H and O–H groups in total. The van der Waals surface area contributed by atoms with Crippen LogP contribution in [-0.2, 0) is 0 Å². The van der Waals surface area contributed by atoms with Crippen molar-refractivity contribution in [2.75, 3.05) is 11.9 Å². The quantitative estimate of drug-likeness (QED) is 0.920. The molecule has 1 aromatic heterocycles. The number of hydrogen-bond acceptors (Lipinski definition) is 2. The third-order valence-corrected chi connectivity index (χ3v) is 3.57. The molecule has 5 heteroatoms. The molecular weight excluding hydrogens is 302 g/mol. The third-order valence-electron chi connectivity index (χ3n) is 2.36. The molecule has 1 aromatic carbocycles. The highest BCUT2D eigenvalue weighted by atomic mass is 79.9. The van der Waals surface area contributed by atoms with Crippen LogP contribution >= 0.6 is 27.5 Å². The van der Waals surface area contributed by atoms with E-state index < -0.39 is 0 Å². The Morgan fingerprint density at radius 2 is 2.29 bits per heavy atom. The monoisotopic (exact) mass is 313 g/mol. The number of imidazole rings is 1. The summed E-state index contributed by atoms with van der Waals surface area (Å²) in [6.45, 7) is 3.03. The van der Waals surface area contributed by atoms with Gasteiger partial charge in [0.05, 0.1) is 5.02 Å². The van der Waals surface area contributed by atoms with Crippen molar-refractivity contribution in [3.8, 4) is 5.69 Å². The lowest BCUT2D eigenvalue weighted by molar-refractivity contribution is 0.937. The Hall–Kier alpha value is -1.000. The summed E-state index contributed by atoms with van der Waals surface area (Å²) in [6.07, 6.45) is 4.77. The summed E-state index contributed by atoms with van der Waals surface area (Å²) in [5, 5.41) is 3.98. The SMILES string of the molecule is CCCNc1nccn1-c1ccc(Cl)c(Br)c1. The van der Waals surface area contributed by atoms with Gasteiger partial charge < -0.3 is 5.32 Å². The van der Waals surface area contributed by atoms with E-state index in [4.69, 9.17) is 11.6 Å². The predicted octanol–water partition coefficient (Wildman–Crippen LogP) is 4.11. The largest absolute Gasteiger partial charge is 0.355 e. The highest BCUT2D eigenvalue weighted by Crippen LogP contribution is 2.26. The summed E-state index contributed by atoms with van der Waals surface area (Å²) in [5.41, 5.74) is 1.03. The Kier molecular flexibility index (Phi) is 4.07. The summed E-state index contributed by atoms with van der Waals surface area (Å²) >= 11 is 9.40. The topological polar surface area (TPSA) is 29.9 Å². The molecule has 0 spiro atoms. The molecule has 17 heavy (non-hydrogen) atoms. The van der Waals surface area contributed by atoms with Crippen molar-refractivity contribution in [1.82, 2.24) is 9.55 Å². The number of nitrogens with one attached hydrogen (secondary N) is 1. The van der Waals surface area contributed by atoms with E-state index in [1.54, 1.807) is 6.20 Å². The van der Waals surface area contributed by atoms with E-state index in [2.05, 4.69) is 33.2 Å². The van der Waals surface area contributed by atoms with E-state index in [1.165, 1.54) is 0 Å². The maximum atomic E-state index is 5.98. The standard InChI is InChI=1S/C12H13BrClN3/c1-2-5-15-12-16-6-7-17(12)9-3-4-11(14)10(13)8-9/h3-4,6-8H,2,5H2,1H3,(H,15,16). The fourth-order valence-electron chi connectivity index (χ4n) is 1.51. The first-order valence-corrected chi connectivity index (χ1v) is 6.62. The van der Waals surface area contributed by atoms with Gasteiger partial charge in [0.1, 0.15) is 0 Å². The highest BCUT2D eigenvalue weighted by Gasteiger charge is 2.05. The van der Waals surface area contributed by atoms with Crippen LogP contribution in [0.4, 0.5) is 5.95 Å². The van der Waals surface area contributed by atoms with Crippen LogP contribution in [-0.4, -0.2) is 16.1 Å². The number of nitrogens with zero attached hydrogens (tertiary/aromatic N) is 2. The lowest BCUT2D eigenvalue weighted by Crippen LogP contribution is -2.06. The molecule has 0 aliphatic rings. The molecule has 0 saturated carbocycles. The zero-order valence-electron chi connectivity index (χ0n) is 9.45. The second-order valence-corrected chi connectivity index (χ2v) is 4.91. The maximum absolute atomic E-state index is 5.98. The van der Waals surface area contributed by atoms with Crippen molar-refractivity contribution in [1.29, 1.82) is 0 Å². The normalized spacial score (nSPS) is 10.5. The highest BCUT2D eigenvalue weighted by molar-refractivity contribution is 9.10. The van der Waals surface area contributed by atoms with Crippen LogP contribution in [0.25, 0.3) is 5.69 Å². The van der Waals surface area contributed by atoms with Gasteiger partial charge in [-0.05, 0) is 40.5 Å². The Morgan fingerprint density at radius 3 is 3.00 bits per heavy atom. The van der Waals surface area contributed by atoms with Crippen LogP contribution in [0.1, 0.15) is 13.3 Å². The van der Waals surface area contributed by atoms with E-state index in [9.17, 15) is 0 Å². The molecule has 0 bridgehead atoms. The van der Waals surface area contributed by atoms with Gasteiger partial charge in [-0.1, -0.05) is 18.5 Å². The Balaban J connectivity index is 2.32. The average Bonchev–Trinajstić information content (AvgIpc) is 2.78. The first kappa shape index (κ1) is 12.5. The summed E-state index contributed by atoms with van der Waals surface area (Å²) in [5.74, 6) is 0.848. The minimum absolute atomic E-state index is 0.705. The molecule has 0 atom stereocenters. The number of benzene rings is 1. The molecule has 1 heterocycles. The van der Waals surface area contributed by atoms with Crippen molar-refractivity contribution in [3.63, 3.8) is 0 Å². The van der Waals surface area contributed by atoms with E-state index in [0.717, 1.165) is 29.1 Å². The number of aromatic nitrogens is 2. The minimum Gasteiger partial charge on any atom is -0.355 e. The fraction of sp³-hybridized carbons (Fsp3) is 0.250. The van der Waals surface area contributed by atoms with Gasteiger partial charge in [-0.25, -0.2) is 4.98 Å². The van der Waals surface area contributed by atoms with Crippen molar-refractivity contribution in [2.45, 2.75) is 13.3 Å². The third kappa shape index (κ3) is 2.82. The van der Waals surface area contributed by atoms with E-state index in [-0.39, 0.29) is 0 Å². The number of halogens is 2. The van der Waals surface area contributed by atoms with Gasteiger partial charge in [-0.3, -0.25) is 4.57 Å². The molecule has 3 nitrogen and oxygen atoms in total. The Bertz CT molecular complexity index is 510. The Morgan fingerprint density at radius 1 is 1.47 bits per heavy atom. The van der Waals surface area contributed by atoms with Crippen molar-refractivity contribution < 1.29 is 0 Å². The minimum atomic E-state index is 0.705. The average molecular weight is 315 g/mol. The maximum Gasteiger partial charge on any atom is 0.207 e. The van der Waals surface area contributed by atoms with Crippen molar-refractivity contribution in [3.05, 3.63) is 40.1 Å². The molecule has 2 aromatic rings. The smallest absolute Gasteiger partial charge is 0.207 e.